The van der Waals surface area contributed by atoms with E-state index in [4.69, 9.17) is 4.55 Å². The highest BCUT2D eigenvalue weighted by atomic mass is 33.1. The minimum Gasteiger partial charge on any atom is -0.320 e. The van der Waals surface area contributed by atoms with Crippen LogP contribution in [0.25, 0.3) is 11.0 Å². The van der Waals surface area contributed by atoms with E-state index < -0.39 is 0 Å². The van der Waals surface area contributed by atoms with Gasteiger partial charge in [-0.2, -0.15) is 0 Å². The van der Waals surface area contributed by atoms with Crippen LogP contribution in [0.3, 0.4) is 0 Å². The Kier molecular flexibility index (Phi) is 3.29. The predicted molar refractivity (Wildman–Crippen MR) is 73.7 cm³/mol. The van der Waals surface area contributed by atoms with E-state index in [1.807, 2.05) is 12.1 Å². The highest BCUT2D eigenvalue weighted by Crippen LogP contribution is 2.38. The molecule has 0 aliphatic heterocycles. The lowest BCUT2D eigenvalue weighted by molar-refractivity contribution is 0.579. The molecule has 0 fully saturated rings. The van der Waals surface area contributed by atoms with Gasteiger partial charge < -0.3 is 14.5 Å². The van der Waals surface area contributed by atoms with Crippen LogP contribution < -0.4 is 5.69 Å². The Balaban J connectivity index is 2.69. The quantitative estimate of drug-likeness (QED) is 0.578. The molecule has 1 aromatic heterocycles. The summed E-state index contributed by atoms with van der Waals surface area (Å²) in [7, 11) is 1.29. The van der Waals surface area contributed by atoms with Gasteiger partial charge in [-0.3, -0.25) is 0 Å². The molecule has 0 unspecified atom stereocenters. The van der Waals surface area contributed by atoms with Crippen molar-refractivity contribution in [3.05, 3.63) is 28.2 Å². The van der Waals surface area contributed by atoms with Crippen LogP contribution in [0.1, 0.15) is 26.3 Å². The lowest BCUT2D eigenvalue weighted by Gasteiger charge is -2.22. The number of benzene rings is 1. The summed E-state index contributed by atoms with van der Waals surface area (Å²) in [4.78, 5) is 17.7. The van der Waals surface area contributed by atoms with Crippen molar-refractivity contribution in [2.75, 3.05) is 0 Å². The SMILES string of the molecule is CC(C)(C)c1cc2[nH]c(=O)[nH]c2cc1SSO. The van der Waals surface area contributed by atoms with Crippen molar-refractivity contribution >= 4 is 32.9 Å². The molecule has 0 aliphatic carbocycles. The maximum Gasteiger partial charge on any atom is 0.323 e. The molecule has 2 rings (SSSR count). The molecule has 4 nitrogen and oxygen atoms in total. The summed E-state index contributed by atoms with van der Waals surface area (Å²) in [6.07, 6.45) is 0. The van der Waals surface area contributed by atoms with E-state index in [2.05, 4.69) is 30.7 Å². The molecular weight excluding hydrogens is 256 g/mol. The molecule has 0 saturated carbocycles. The molecule has 92 valence electrons. The molecule has 17 heavy (non-hydrogen) atoms. The minimum atomic E-state index is -0.210. The summed E-state index contributed by atoms with van der Waals surface area (Å²) in [5, 5.41) is 0. The number of imidazole rings is 1. The van der Waals surface area contributed by atoms with E-state index in [0.29, 0.717) is 11.1 Å². The molecule has 0 atom stereocenters. The summed E-state index contributed by atoms with van der Waals surface area (Å²) in [5.41, 5.74) is 2.41. The zero-order valence-electron chi connectivity index (χ0n) is 9.83. The molecule has 2 aromatic rings. The highest BCUT2D eigenvalue weighted by molar-refractivity contribution is 8.74. The molecule has 0 spiro atoms. The van der Waals surface area contributed by atoms with Gasteiger partial charge in [0.2, 0.25) is 0 Å². The molecule has 0 bridgehead atoms. The number of rotatable bonds is 2. The molecule has 1 heterocycles. The van der Waals surface area contributed by atoms with Gasteiger partial charge in [0.15, 0.2) is 0 Å². The van der Waals surface area contributed by atoms with E-state index in [1.54, 1.807) is 0 Å². The Hall–Kier alpha value is -0.850. The summed E-state index contributed by atoms with van der Waals surface area (Å²) < 4.78 is 8.99. The van der Waals surface area contributed by atoms with Crippen molar-refractivity contribution in [1.29, 1.82) is 0 Å². The average Bonchev–Trinajstić information content (AvgIpc) is 2.55. The van der Waals surface area contributed by atoms with Crippen LogP contribution in [-0.2, 0) is 5.41 Å². The Labute approximate surface area is 107 Å². The van der Waals surface area contributed by atoms with Crippen LogP contribution in [-0.4, -0.2) is 14.5 Å². The largest absolute Gasteiger partial charge is 0.323 e. The van der Waals surface area contributed by atoms with E-state index in [9.17, 15) is 4.79 Å². The second-order valence-electron chi connectivity index (χ2n) is 4.88. The van der Waals surface area contributed by atoms with Crippen LogP contribution in [0.15, 0.2) is 21.8 Å². The third-order valence-corrected chi connectivity index (χ3v) is 3.91. The summed E-state index contributed by atoms with van der Waals surface area (Å²) in [5.74, 6) is 0. The Morgan fingerprint density at radius 2 is 1.76 bits per heavy atom. The average molecular weight is 270 g/mol. The normalized spacial score (nSPS) is 12.2. The zero-order valence-corrected chi connectivity index (χ0v) is 11.5. The lowest BCUT2D eigenvalue weighted by atomic mass is 9.87. The summed E-state index contributed by atoms with van der Waals surface area (Å²) in [6.45, 7) is 6.31. The number of hydrogen-bond donors (Lipinski definition) is 3. The third kappa shape index (κ3) is 2.53. The molecular formula is C11H14N2O2S2. The third-order valence-electron chi connectivity index (χ3n) is 2.55. The van der Waals surface area contributed by atoms with Crippen molar-refractivity contribution in [2.24, 2.45) is 0 Å². The van der Waals surface area contributed by atoms with Gasteiger partial charge in [-0.1, -0.05) is 20.8 Å². The van der Waals surface area contributed by atoms with Crippen LogP contribution in [0, 0.1) is 0 Å². The number of aromatic nitrogens is 2. The number of fused-ring (bicyclic) bond motifs is 1. The van der Waals surface area contributed by atoms with Crippen molar-refractivity contribution in [3.63, 3.8) is 0 Å². The first kappa shape index (κ1) is 12.6. The van der Waals surface area contributed by atoms with Gasteiger partial charge in [-0.15, -0.1) is 0 Å². The molecule has 0 aliphatic rings. The fourth-order valence-corrected chi connectivity index (χ4v) is 3.11. The molecule has 0 saturated heterocycles. The summed E-state index contributed by atoms with van der Waals surface area (Å²) >= 11 is 0.715. The monoisotopic (exact) mass is 270 g/mol. The van der Waals surface area contributed by atoms with E-state index >= 15 is 0 Å². The van der Waals surface area contributed by atoms with E-state index in [1.165, 1.54) is 10.8 Å². The van der Waals surface area contributed by atoms with Gasteiger partial charge in [0.05, 0.1) is 22.1 Å². The van der Waals surface area contributed by atoms with E-state index in [-0.39, 0.29) is 11.1 Å². The van der Waals surface area contributed by atoms with Crippen LogP contribution in [0.5, 0.6) is 0 Å². The number of hydrogen-bond acceptors (Lipinski definition) is 4. The fourth-order valence-electron chi connectivity index (χ4n) is 1.76. The zero-order chi connectivity index (χ0) is 12.6. The Morgan fingerprint density at radius 1 is 1.18 bits per heavy atom. The Morgan fingerprint density at radius 3 is 2.29 bits per heavy atom. The smallest absolute Gasteiger partial charge is 0.320 e. The summed E-state index contributed by atoms with van der Waals surface area (Å²) in [6, 6.07) is 3.85. The highest BCUT2D eigenvalue weighted by Gasteiger charge is 2.20. The molecule has 3 N–H and O–H groups in total. The lowest BCUT2D eigenvalue weighted by Crippen LogP contribution is -2.12. The first-order chi connectivity index (χ1) is 7.91. The topological polar surface area (TPSA) is 68.9 Å². The second kappa shape index (κ2) is 4.44. The van der Waals surface area contributed by atoms with Gasteiger partial charge >= 0.3 is 5.69 Å². The number of nitrogens with one attached hydrogen (secondary N) is 2. The van der Waals surface area contributed by atoms with Crippen LogP contribution in [0.2, 0.25) is 0 Å². The maximum atomic E-state index is 11.2. The molecule has 0 radical (unpaired) electrons. The molecule has 1 aromatic carbocycles. The maximum absolute atomic E-state index is 11.2. The molecule has 0 amide bonds. The van der Waals surface area contributed by atoms with Gasteiger partial charge in [0.1, 0.15) is 0 Å². The fraction of sp³-hybridized carbons (Fsp3) is 0.364. The van der Waals surface area contributed by atoms with Gasteiger partial charge in [-0.05, 0) is 33.9 Å². The van der Waals surface area contributed by atoms with Crippen LogP contribution in [0.4, 0.5) is 0 Å². The molecule has 6 heteroatoms. The van der Waals surface area contributed by atoms with Crippen molar-refractivity contribution < 1.29 is 4.55 Å². The van der Waals surface area contributed by atoms with Crippen molar-refractivity contribution in [2.45, 2.75) is 31.1 Å². The first-order valence-corrected chi connectivity index (χ1v) is 7.27. The van der Waals surface area contributed by atoms with Gasteiger partial charge in [-0.25, -0.2) is 4.79 Å². The first-order valence-electron chi connectivity index (χ1n) is 5.16. The van der Waals surface area contributed by atoms with Crippen molar-refractivity contribution in [3.8, 4) is 0 Å². The van der Waals surface area contributed by atoms with Gasteiger partial charge in [0.25, 0.3) is 0 Å². The second-order valence-corrected chi connectivity index (χ2v) is 6.58. The minimum absolute atomic E-state index is 0.0413. The number of aromatic amines is 2. The van der Waals surface area contributed by atoms with E-state index in [0.717, 1.165) is 21.5 Å². The number of H-pyrrole nitrogens is 2. The van der Waals surface area contributed by atoms with Crippen LogP contribution >= 0.6 is 21.9 Å². The van der Waals surface area contributed by atoms with Crippen molar-refractivity contribution in [1.82, 2.24) is 9.97 Å². The Bertz CT molecular complexity index is 596. The standard InChI is InChI=1S/C11H14N2O2S2/c1-11(2,3)6-4-7-8(13-10(14)12-7)5-9(6)16-17-15/h4-5,15H,1-3H3,(H2,12,13,14). The predicted octanol–water partition coefficient (Wildman–Crippen LogP) is 3.37. The van der Waals surface area contributed by atoms with Gasteiger partial charge in [0, 0.05) is 4.90 Å².